The van der Waals surface area contributed by atoms with Crippen molar-refractivity contribution < 1.29 is 5.11 Å². The van der Waals surface area contributed by atoms with E-state index in [1.807, 2.05) is 30.3 Å². The van der Waals surface area contributed by atoms with Gasteiger partial charge in [-0.05, 0) is 17.7 Å². The van der Waals surface area contributed by atoms with E-state index in [9.17, 15) is 0 Å². The third kappa shape index (κ3) is 1.12. The van der Waals surface area contributed by atoms with Crippen LogP contribution in [0.1, 0.15) is 5.56 Å². The molecule has 2 N–H and O–H groups in total. The van der Waals surface area contributed by atoms with Crippen molar-refractivity contribution in [2.24, 2.45) is 0 Å². The van der Waals surface area contributed by atoms with E-state index in [4.69, 9.17) is 5.11 Å². The highest BCUT2D eigenvalue weighted by atomic mass is 16.3. The lowest BCUT2D eigenvalue weighted by Gasteiger charge is -2.17. The minimum atomic E-state index is -0.537. The van der Waals surface area contributed by atoms with Gasteiger partial charge in [-0.3, -0.25) is 0 Å². The standard InChI is InChI=1S/C9H9NO/c11-9-6-5-7-3-1-2-4-8(7)10-9/h1-6,9-11H. The second kappa shape index (κ2) is 2.40. The molecule has 0 radical (unpaired) electrons. The molecule has 1 aliphatic heterocycles. The van der Waals surface area contributed by atoms with Gasteiger partial charge in [-0.15, -0.1) is 0 Å². The van der Waals surface area contributed by atoms with E-state index in [1.54, 1.807) is 6.08 Å². The number of hydrogen-bond acceptors (Lipinski definition) is 2. The Labute approximate surface area is 65.2 Å². The fraction of sp³-hybridized carbons (Fsp3) is 0.111. The second-order valence-corrected chi connectivity index (χ2v) is 2.54. The first-order chi connectivity index (χ1) is 5.36. The van der Waals surface area contributed by atoms with E-state index in [0.717, 1.165) is 11.3 Å². The van der Waals surface area contributed by atoms with Crippen LogP contribution in [0.3, 0.4) is 0 Å². The minimum Gasteiger partial charge on any atom is -0.370 e. The summed E-state index contributed by atoms with van der Waals surface area (Å²) in [7, 11) is 0. The van der Waals surface area contributed by atoms with Gasteiger partial charge in [-0.25, -0.2) is 0 Å². The number of aliphatic hydroxyl groups excluding tert-OH is 1. The predicted molar refractivity (Wildman–Crippen MR) is 45.1 cm³/mol. The van der Waals surface area contributed by atoms with Crippen molar-refractivity contribution >= 4 is 11.8 Å². The monoisotopic (exact) mass is 147 g/mol. The number of anilines is 1. The summed E-state index contributed by atoms with van der Waals surface area (Å²) in [4.78, 5) is 0. The Morgan fingerprint density at radius 1 is 1.27 bits per heavy atom. The maximum absolute atomic E-state index is 9.16. The molecule has 0 saturated heterocycles. The van der Waals surface area contributed by atoms with Crippen molar-refractivity contribution in [3.8, 4) is 0 Å². The molecule has 0 aliphatic carbocycles. The molecule has 1 heterocycles. The van der Waals surface area contributed by atoms with Gasteiger partial charge in [-0.1, -0.05) is 24.3 Å². The van der Waals surface area contributed by atoms with Crippen LogP contribution in [0.4, 0.5) is 5.69 Å². The Morgan fingerprint density at radius 3 is 3.00 bits per heavy atom. The van der Waals surface area contributed by atoms with Crippen molar-refractivity contribution in [2.45, 2.75) is 6.23 Å². The maximum Gasteiger partial charge on any atom is 0.144 e. The highest BCUT2D eigenvalue weighted by Crippen LogP contribution is 2.20. The lowest BCUT2D eigenvalue weighted by molar-refractivity contribution is 0.252. The van der Waals surface area contributed by atoms with E-state index >= 15 is 0 Å². The van der Waals surface area contributed by atoms with Crippen molar-refractivity contribution in [3.05, 3.63) is 35.9 Å². The molecule has 0 bridgehead atoms. The van der Waals surface area contributed by atoms with Gasteiger partial charge in [0, 0.05) is 5.69 Å². The van der Waals surface area contributed by atoms with E-state index in [0.29, 0.717) is 0 Å². The zero-order valence-corrected chi connectivity index (χ0v) is 5.99. The molecule has 0 fully saturated rings. The fourth-order valence-electron chi connectivity index (χ4n) is 1.18. The molecule has 2 heteroatoms. The van der Waals surface area contributed by atoms with Crippen molar-refractivity contribution in [1.82, 2.24) is 0 Å². The third-order valence-electron chi connectivity index (χ3n) is 1.72. The number of nitrogens with one attached hydrogen (secondary N) is 1. The summed E-state index contributed by atoms with van der Waals surface area (Å²) in [5.74, 6) is 0. The molecule has 0 spiro atoms. The van der Waals surface area contributed by atoms with Gasteiger partial charge in [0.15, 0.2) is 0 Å². The lowest BCUT2D eigenvalue weighted by Crippen LogP contribution is -2.18. The molecule has 0 saturated carbocycles. The van der Waals surface area contributed by atoms with Crippen molar-refractivity contribution in [3.63, 3.8) is 0 Å². The molecule has 1 atom stereocenters. The molecule has 1 aromatic rings. The number of aliphatic hydroxyl groups is 1. The van der Waals surface area contributed by atoms with Gasteiger partial charge in [0.05, 0.1) is 0 Å². The van der Waals surface area contributed by atoms with Gasteiger partial charge >= 0.3 is 0 Å². The average molecular weight is 147 g/mol. The predicted octanol–water partition coefficient (Wildman–Crippen LogP) is 1.44. The molecule has 1 aliphatic rings. The summed E-state index contributed by atoms with van der Waals surface area (Å²) in [5.41, 5.74) is 2.11. The molecular weight excluding hydrogens is 138 g/mol. The maximum atomic E-state index is 9.16. The quantitative estimate of drug-likeness (QED) is 0.582. The van der Waals surface area contributed by atoms with Crippen LogP contribution in [-0.4, -0.2) is 11.3 Å². The summed E-state index contributed by atoms with van der Waals surface area (Å²) in [6.45, 7) is 0. The zero-order chi connectivity index (χ0) is 7.68. The fourth-order valence-corrected chi connectivity index (χ4v) is 1.18. The summed E-state index contributed by atoms with van der Waals surface area (Å²) in [6.07, 6.45) is 3.10. The molecule has 0 aromatic heterocycles. The van der Waals surface area contributed by atoms with E-state index < -0.39 is 6.23 Å². The molecule has 2 rings (SSSR count). The van der Waals surface area contributed by atoms with Crippen LogP contribution in [-0.2, 0) is 0 Å². The van der Waals surface area contributed by atoms with Crippen LogP contribution in [0, 0.1) is 0 Å². The highest BCUT2D eigenvalue weighted by molar-refractivity contribution is 5.70. The van der Waals surface area contributed by atoms with E-state index in [-0.39, 0.29) is 0 Å². The molecule has 1 unspecified atom stereocenters. The first kappa shape index (κ1) is 6.43. The van der Waals surface area contributed by atoms with Crippen LogP contribution in [0.2, 0.25) is 0 Å². The molecule has 0 amide bonds. The SMILES string of the molecule is OC1C=Cc2ccccc2N1. The Kier molecular flexibility index (Phi) is 1.40. The van der Waals surface area contributed by atoms with Gasteiger partial charge < -0.3 is 10.4 Å². The number of para-hydroxylation sites is 1. The van der Waals surface area contributed by atoms with E-state index in [1.165, 1.54) is 0 Å². The molecular formula is C9H9NO. The first-order valence-corrected chi connectivity index (χ1v) is 3.58. The average Bonchev–Trinajstić information content (AvgIpc) is 2.04. The Balaban J connectivity index is 2.46. The molecule has 2 nitrogen and oxygen atoms in total. The van der Waals surface area contributed by atoms with Crippen LogP contribution in [0.25, 0.3) is 6.08 Å². The van der Waals surface area contributed by atoms with Gasteiger partial charge in [0.2, 0.25) is 0 Å². The molecule has 1 aromatic carbocycles. The van der Waals surface area contributed by atoms with Crippen molar-refractivity contribution in [2.75, 3.05) is 5.32 Å². The zero-order valence-electron chi connectivity index (χ0n) is 5.99. The van der Waals surface area contributed by atoms with Crippen LogP contribution < -0.4 is 5.32 Å². The number of hydrogen-bond donors (Lipinski definition) is 2. The van der Waals surface area contributed by atoms with Crippen molar-refractivity contribution in [1.29, 1.82) is 0 Å². The van der Waals surface area contributed by atoms with Gasteiger partial charge in [0.1, 0.15) is 6.23 Å². The molecule has 56 valence electrons. The smallest absolute Gasteiger partial charge is 0.144 e. The number of benzene rings is 1. The van der Waals surface area contributed by atoms with Crippen LogP contribution in [0.15, 0.2) is 30.3 Å². The minimum absolute atomic E-state index is 0.537. The summed E-state index contributed by atoms with van der Waals surface area (Å²) in [6, 6.07) is 7.87. The third-order valence-corrected chi connectivity index (χ3v) is 1.72. The molecule has 11 heavy (non-hydrogen) atoms. The second-order valence-electron chi connectivity index (χ2n) is 2.54. The number of fused-ring (bicyclic) bond motifs is 1. The largest absolute Gasteiger partial charge is 0.370 e. The Morgan fingerprint density at radius 2 is 2.09 bits per heavy atom. The normalized spacial score (nSPS) is 20.6. The lowest BCUT2D eigenvalue weighted by atomic mass is 10.1. The van der Waals surface area contributed by atoms with Crippen LogP contribution in [0.5, 0.6) is 0 Å². The Hall–Kier alpha value is -1.28. The first-order valence-electron chi connectivity index (χ1n) is 3.58. The summed E-state index contributed by atoms with van der Waals surface area (Å²) in [5, 5.41) is 12.1. The summed E-state index contributed by atoms with van der Waals surface area (Å²) >= 11 is 0. The Bertz CT molecular complexity index is 293. The van der Waals surface area contributed by atoms with Gasteiger partial charge in [-0.2, -0.15) is 0 Å². The highest BCUT2D eigenvalue weighted by Gasteiger charge is 2.06. The topological polar surface area (TPSA) is 32.3 Å². The van der Waals surface area contributed by atoms with E-state index in [2.05, 4.69) is 5.32 Å². The van der Waals surface area contributed by atoms with Gasteiger partial charge in [0.25, 0.3) is 0 Å². The van der Waals surface area contributed by atoms with Crippen LogP contribution >= 0.6 is 0 Å². The summed E-state index contributed by atoms with van der Waals surface area (Å²) < 4.78 is 0. The number of rotatable bonds is 0.